The van der Waals surface area contributed by atoms with Crippen molar-refractivity contribution >= 4 is 17.2 Å². The predicted molar refractivity (Wildman–Crippen MR) is 73.2 cm³/mol. The van der Waals surface area contributed by atoms with Gasteiger partial charge in [-0.3, -0.25) is 4.79 Å². The molecule has 0 saturated carbocycles. The third-order valence-corrected chi connectivity index (χ3v) is 2.93. The van der Waals surface area contributed by atoms with E-state index >= 15 is 0 Å². The van der Waals surface area contributed by atoms with Crippen LogP contribution >= 0.6 is 11.3 Å². The first-order chi connectivity index (χ1) is 8.61. The van der Waals surface area contributed by atoms with Crippen LogP contribution in [0.3, 0.4) is 0 Å². The highest BCUT2D eigenvalue weighted by molar-refractivity contribution is 7.10. The van der Waals surface area contributed by atoms with Crippen LogP contribution in [-0.4, -0.2) is 25.2 Å². The van der Waals surface area contributed by atoms with Gasteiger partial charge in [-0.2, -0.15) is 0 Å². The van der Waals surface area contributed by atoms with Gasteiger partial charge in [0.15, 0.2) is 0 Å². The fourth-order valence-corrected chi connectivity index (χ4v) is 1.93. The first-order valence-corrected chi connectivity index (χ1v) is 6.64. The molecule has 0 aliphatic heterocycles. The van der Waals surface area contributed by atoms with Gasteiger partial charge in [0, 0.05) is 15.8 Å². The molecular weight excluding hydrogens is 248 g/mol. The number of nitrogens with two attached hydrogens (primary N) is 1. The summed E-state index contributed by atoms with van der Waals surface area (Å²) in [5, 5.41) is 4.75. The van der Waals surface area contributed by atoms with Gasteiger partial charge in [-0.05, 0) is 19.9 Å². The maximum Gasteiger partial charge on any atom is 0.246 e. The second kappa shape index (κ2) is 7.88. The Balaban J connectivity index is 2.35. The average molecular weight is 266 g/mol. The second-order valence-corrected chi connectivity index (χ2v) is 4.94. The zero-order valence-corrected chi connectivity index (χ0v) is 11.5. The lowest BCUT2D eigenvalue weighted by Crippen LogP contribution is -2.28. The van der Waals surface area contributed by atoms with E-state index in [1.807, 2.05) is 25.3 Å². The Hall–Kier alpha value is -1.35. The lowest BCUT2D eigenvalue weighted by atomic mass is 10.3. The first kappa shape index (κ1) is 14.7. The van der Waals surface area contributed by atoms with Crippen molar-refractivity contribution in [3.8, 4) is 11.8 Å². The highest BCUT2D eigenvalue weighted by Gasteiger charge is 2.04. The molecule has 0 spiro atoms. The minimum atomic E-state index is -0.105. The summed E-state index contributed by atoms with van der Waals surface area (Å²) in [5.41, 5.74) is 6.24. The fourth-order valence-electron chi connectivity index (χ4n) is 1.17. The van der Waals surface area contributed by atoms with Gasteiger partial charge in [0.25, 0.3) is 0 Å². The monoisotopic (exact) mass is 266 g/mol. The third kappa shape index (κ3) is 5.82. The van der Waals surface area contributed by atoms with Gasteiger partial charge in [0.05, 0.1) is 19.2 Å². The molecule has 0 atom stereocenters. The molecule has 0 bridgehead atoms. The van der Waals surface area contributed by atoms with E-state index in [2.05, 4.69) is 17.2 Å². The quantitative estimate of drug-likeness (QED) is 0.784. The number of hydrogen-bond acceptors (Lipinski definition) is 4. The zero-order valence-electron chi connectivity index (χ0n) is 10.7. The molecule has 0 radical (unpaired) electrons. The molecule has 5 heteroatoms. The van der Waals surface area contributed by atoms with Crippen LogP contribution in [0.5, 0.6) is 0 Å². The van der Waals surface area contributed by atoms with Crippen LogP contribution in [0.15, 0.2) is 11.4 Å². The van der Waals surface area contributed by atoms with E-state index in [1.54, 1.807) is 11.3 Å². The van der Waals surface area contributed by atoms with Crippen LogP contribution in [0.4, 0.5) is 0 Å². The Bertz CT molecular complexity index is 443. The Kier molecular flexibility index (Phi) is 6.44. The molecule has 1 aromatic heterocycles. The maximum absolute atomic E-state index is 11.4. The van der Waals surface area contributed by atoms with Crippen molar-refractivity contribution in [3.63, 3.8) is 0 Å². The topological polar surface area (TPSA) is 64.3 Å². The minimum absolute atomic E-state index is 0.0654. The largest absolute Gasteiger partial charge is 0.369 e. The second-order valence-electron chi connectivity index (χ2n) is 3.94. The Labute approximate surface area is 112 Å². The number of carbonyl (C=O) groups excluding carboxylic acids is 1. The summed E-state index contributed by atoms with van der Waals surface area (Å²) in [6.45, 7) is 4.76. The van der Waals surface area contributed by atoms with Crippen molar-refractivity contribution in [2.45, 2.75) is 26.5 Å². The molecule has 18 heavy (non-hydrogen) atoms. The Morgan fingerprint density at radius 3 is 3.06 bits per heavy atom. The summed E-state index contributed by atoms with van der Waals surface area (Å²) in [7, 11) is 0. The highest BCUT2D eigenvalue weighted by Crippen LogP contribution is 2.13. The van der Waals surface area contributed by atoms with E-state index in [9.17, 15) is 4.79 Å². The normalized spacial score (nSPS) is 10.0. The lowest BCUT2D eigenvalue weighted by molar-refractivity contribution is -0.127. The van der Waals surface area contributed by atoms with E-state index in [0.29, 0.717) is 13.1 Å². The van der Waals surface area contributed by atoms with Gasteiger partial charge in [0.1, 0.15) is 6.61 Å². The number of carbonyl (C=O) groups is 1. The molecule has 1 heterocycles. The SMILES string of the molecule is CC(C)OCC(=O)NCc1cc(C#CCN)cs1. The van der Waals surface area contributed by atoms with E-state index in [0.717, 1.165) is 10.4 Å². The van der Waals surface area contributed by atoms with Crippen LogP contribution in [0, 0.1) is 11.8 Å². The molecule has 0 aliphatic rings. The van der Waals surface area contributed by atoms with Crippen LogP contribution in [-0.2, 0) is 16.1 Å². The molecule has 0 aromatic carbocycles. The lowest BCUT2D eigenvalue weighted by Gasteiger charge is -2.07. The predicted octanol–water partition coefficient (Wildman–Crippen LogP) is 1.10. The van der Waals surface area contributed by atoms with Gasteiger partial charge in [-0.1, -0.05) is 11.8 Å². The van der Waals surface area contributed by atoms with Crippen molar-refractivity contribution < 1.29 is 9.53 Å². The maximum atomic E-state index is 11.4. The molecule has 1 amide bonds. The molecule has 0 fully saturated rings. The summed E-state index contributed by atoms with van der Waals surface area (Å²) in [4.78, 5) is 12.5. The first-order valence-electron chi connectivity index (χ1n) is 5.76. The number of thiophene rings is 1. The minimum Gasteiger partial charge on any atom is -0.369 e. The molecular formula is C13H18N2O2S. The average Bonchev–Trinajstić information content (AvgIpc) is 2.79. The Morgan fingerprint density at radius 1 is 1.61 bits per heavy atom. The standard InChI is InChI=1S/C13H18N2O2S/c1-10(2)17-8-13(16)15-7-12-6-11(9-18-12)4-3-5-14/h6,9-10H,5,7-8,14H2,1-2H3,(H,15,16). The van der Waals surface area contributed by atoms with E-state index in [-0.39, 0.29) is 18.6 Å². The van der Waals surface area contributed by atoms with Crippen LogP contribution in [0.1, 0.15) is 24.3 Å². The summed E-state index contributed by atoms with van der Waals surface area (Å²) in [6, 6.07) is 1.96. The number of nitrogens with one attached hydrogen (secondary N) is 1. The van der Waals surface area contributed by atoms with Gasteiger partial charge >= 0.3 is 0 Å². The molecule has 0 saturated heterocycles. The third-order valence-electron chi connectivity index (χ3n) is 2.00. The molecule has 1 rings (SSSR count). The molecule has 0 aliphatic carbocycles. The van der Waals surface area contributed by atoms with Crippen molar-refractivity contribution in [1.29, 1.82) is 0 Å². The van der Waals surface area contributed by atoms with E-state index < -0.39 is 0 Å². The van der Waals surface area contributed by atoms with Gasteiger partial charge in [-0.25, -0.2) is 0 Å². The van der Waals surface area contributed by atoms with Gasteiger partial charge < -0.3 is 15.8 Å². The van der Waals surface area contributed by atoms with Gasteiger partial charge in [0.2, 0.25) is 5.91 Å². The van der Waals surface area contributed by atoms with Crippen molar-refractivity contribution in [2.75, 3.05) is 13.2 Å². The van der Waals surface area contributed by atoms with Crippen molar-refractivity contribution in [1.82, 2.24) is 5.32 Å². The number of hydrogen-bond donors (Lipinski definition) is 2. The summed E-state index contributed by atoms with van der Waals surface area (Å²) < 4.78 is 5.21. The Morgan fingerprint density at radius 2 is 2.39 bits per heavy atom. The number of ether oxygens (including phenoxy) is 1. The molecule has 0 unspecified atom stereocenters. The number of amides is 1. The van der Waals surface area contributed by atoms with E-state index in [4.69, 9.17) is 10.5 Å². The van der Waals surface area contributed by atoms with Crippen molar-refractivity contribution in [2.24, 2.45) is 5.73 Å². The summed E-state index contributed by atoms with van der Waals surface area (Å²) in [5.74, 6) is 5.64. The summed E-state index contributed by atoms with van der Waals surface area (Å²) in [6.07, 6.45) is 0.0654. The van der Waals surface area contributed by atoms with Crippen LogP contribution in [0.25, 0.3) is 0 Å². The highest BCUT2D eigenvalue weighted by atomic mass is 32.1. The smallest absolute Gasteiger partial charge is 0.246 e. The van der Waals surface area contributed by atoms with Crippen molar-refractivity contribution in [3.05, 3.63) is 21.9 Å². The molecule has 4 nitrogen and oxygen atoms in total. The van der Waals surface area contributed by atoms with Crippen LogP contribution in [0.2, 0.25) is 0 Å². The van der Waals surface area contributed by atoms with Gasteiger partial charge in [-0.15, -0.1) is 11.3 Å². The fraction of sp³-hybridized carbons (Fsp3) is 0.462. The molecule has 98 valence electrons. The summed E-state index contributed by atoms with van der Waals surface area (Å²) >= 11 is 1.57. The molecule has 1 aromatic rings. The zero-order chi connectivity index (χ0) is 13.4. The van der Waals surface area contributed by atoms with E-state index in [1.165, 1.54) is 0 Å². The molecule has 3 N–H and O–H groups in total. The van der Waals surface area contributed by atoms with Crippen LogP contribution < -0.4 is 11.1 Å². The number of rotatable bonds is 5.